The molecule has 9 N–H and O–H groups in total. The molecule has 13 nitrogen and oxygen atoms in total. The molecule has 13 heteroatoms. The Bertz CT molecular complexity index is 772. The Balaban J connectivity index is 2.98. The van der Waals surface area contributed by atoms with Gasteiger partial charge in [-0.15, -0.1) is 0 Å². The Morgan fingerprint density at radius 3 is 2.18 bits per heavy atom. The third kappa shape index (κ3) is 9.04. The highest BCUT2D eigenvalue weighted by molar-refractivity contribution is 5.95. The van der Waals surface area contributed by atoms with Crippen LogP contribution in [0.4, 0.5) is 0 Å². The molecule has 1 aliphatic rings. The first kappa shape index (κ1) is 27.8. The van der Waals surface area contributed by atoms with Crippen LogP contribution in [-0.4, -0.2) is 76.2 Å². The standard InChI is InChI=1S/C20H34N6O7/c1-10(2)8-13(20(32)33)25-18(30)14-4-3-7-26(14)19(31)12(5-6-15(22)27)24-17(29)11(21)9-16(23)28/h10-14H,3-9,21H2,1-2H3,(H2,22,27)(H2,23,28)(H,24,29)(H,25,30)(H,32,33). The summed E-state index contributed by atoms with van der Waals surface area (Å²) in [6, 6.07) is -4.55. The van der Waals surface area contributed by atoms with Crippen LogP contribution >= 0.6 is 0 Å². The first-order chi connectivity index (χ1) is 15.3. The summed E-state index contributed by atoms with van der Waals surface area (Å²) < 4.78 is 0. The maximum absolute atomic E-state index is 13.2. The summed E-state index contributed by atoms with van der Waals surface area (Å²) in [5.41, 5.74) is 15.8. The third-order valence-electron chi connectivity index (χ3n) is 5.21. The molecule has 0 radical (unpaired) electrons. The molecule has 0 aliphatic carbocycles. The summed E-state index contributed by atoms with van der Waals surface area (Å²) in [6.45, 7) is 3.85. The Kier molecular flexibility index (Phi) is 10.7. The van der Waals surface area contributed by atoms with Gasteiger partial charge in [0, 0.05) is 13.0 Å². The highest BCUT2D eigenvalue weighted by Crippen LogP contribution is 2.20. The van der Waals surface area contributed by atoms with Gasteiger partial charge in [-0.05, 0) is 31.6 Å². The maximum atomic E-state index is 13.2. The minimum absolute atomic E-state index is 0.0192. The van der Waals surface area contributed by atoms with Crippen LogP contribution in [0.5, 0.6) is 0 Å². The molecule has 1 aliphatic heterocycles. The van der Waals surface area contributed by atoms with Crippen molar-refractivity contribution in [3.63, 3.8) is 0 Å². The Labute approximate surface area is 191 Å². The lowest BCUT2D eigenvalue weighted by Gasteiger charge is -2.30. The van der Waals surface area contributed by atoms with Gasteiger partial charge in [-0.25, -0.2) is 4.79 Å². The van der Waals surface area contributed by atoms with Gasteiger partial charge in [-0.1, -0.05) is 13.8 Å². The zero-order valence-corrected chi connectivity index (χ0v) is 18.9. The summed E-state index contributed by atoms with van der Waals surface area (Å²) in [7, 11) is 0. The summed E-state index contributed by atoms with van der Waals surface area (Å²) in [4.78, 5) is 73.3. The lowest BCUT2D eigenvalue weighted by atomic mass is 10.0. The lowest BCUT2D eigenvalue weighted by Crippen LogP contribution is -2.57. The fourth-order valence-corrected chi connectivity index (χ4v) is 3.60. The smallest absolute Gasteiger partial charge is 0.326 e. The van der Waals surface area contributed by atoms with Gasteiger partial charge in [-0.3, -0.25) is 24.0 Å². The van der Waals surface area contributed by atoms with E-state index in [9.17, 15) is 33.9 Å². The number of rotatable bonds is 13. The quantitative estimate of drug-likeness (QED) is 0.169. The predicted octanol–water partition coefficient (Wildman–Crippen LogP) is -2.45. The summed E-state index contributed by atoms with van der Waals surface area (Å²) in [5.74, 6) is -4.72. The van der Waals surface area contributed by atoms with Gasteiger partial charge in [0.1, 0.15) is 18.1 Å². The molecule has 186 valence electrons. The van der Waals surface area contributed by atoms with Crippen molar-refractivity contribution in [2.24, 2.45) is 23.1 Å². The van der Waals surface area contributed by atoms with Crippen LogP contribution in [-0.2, 0) is 28.8 Å². The van der Waals surface area contributed by atoms with E-state index in [1.165, 1.54) is 4.90 Å². The number of carbonyl (C=O) groups is 6. The Morgan fingerprint density at radius 2 is 1.67 bits per heavy atom. The Hall–Kier alpha value is -3.22. The van der Waals surface area contributed by atoms with E-state index in [4.69, 9.17) is 17.2 Å². The molecule has 4 atom stereocenters. The molecule has 0 aromatic carbocycles. The molecule has 0 aromatic rings. The molecule has 1 saturated heterocycles. The normalized spacial score (nSPS) is 18.3. The average molecular weight is 471 g/mol. The second kappa shape index (κ2) is 12.7. The monoisotopic (exact) mass is 470 g/mol. The van der Waals surface area contributed by atoms with Crippen molar-refractivity contribution in [3.05, 3.63) is 0 Å². The van der Waals surface area contributed by atoms with Crippen LogP contribution in [0.3, 0.4) is 0 Å². The first-order valence-corrected chi connectivity index (χ1v) is 10.8. The average Bonchev–Trinajstić information content (AvgIpc) is 3.18. The third-order valence-corrected chi connectivity index (χ3v) is 5.21. The second-order valence-electron chi connectivity index (χ2n) is 8.56. The largest absolute Gasteiger partial charge is 0.480 e. The van der Waals surface area contributed by atoms with Gasteiger partial charge in [-0.2, -0.15) is 0 Å². The number of likely N-dealkylation sites (tertiary alicyclic amines) is 1. The number of aliphatic carboxylic acids is 1. The summed E-state index contributed by atoms with van der Waals surface area (Å²) in [6.07, 6.45) is 0.217. The second-order valence-corrected chi connectivity index (χ2v) is 8.56. The van der Waals surface area contributed by atoms with Gasteiger partial charge in [0.2, 0.25) is 29.5 Å². The number of primary amides is 2. The highest BCUT2D eigenvalue weighted by Gasteiger charge is 2.39. The molecule has 5 amide bonds. The van der Waals surface area contributed by atoms with E-state index in [0.29, 0.717) is 12.8 Å². The van der Waals surface area contributed by atoms with E-state index < -0.39 is 66.1 Å². The molecule has 1 heterocycles. The van der Waals surface area contributed by atoms with E-state index >= 15 is 0 Å². The molecular weight excluding hydrogens is 436 g/mol. The van der Waals surface area contributed by atoms with Crippen molar-refractivity contribution in [3.8, 4) is 0 Å². The zero-order valence-electron chi connectivity index (χ0n) is 18.9. The molecule has 0 bridgehead atoms. The van der Waals surface area contributed by atoms with E-state index in [2.05, 4.69) is 10.6 Å². The minimum Gasteiger partial charge on any atom is -0.480 e. The number of carboxylic acid groups (broad SMARTS) is 1. The molecule has 0 saturated carbocycles. The van der Waals surface area contributed by atoms with E-state index in [1.54, 1.807) is 0 Å². The molecule has 1 fully saturated rings. The van der Waals surface area contributed by atoms with Crippen LogP contribution in [0.15, 0.2) is 0 Å². The summed E-state index contributed by atoms with van der Waals surface area (Å²) >= 11 is 0. The van der Waals surface area contributed by atoms with Crippen LogP contribution in [0.1, 0.15) is 52.4 Å². The Morgan fingerprint density at radius 1 is 1.03 bits per heavy atom. The molecule has 4 unspecified atom stereocenters. The SMILES string of the molecule is CC(C)CC(NC(=O)C1CCCN1C(=O)C(CCC(N)=O)NC(=O)C(N)CC(N)=O)C(=O)O. The molecule has 1 rings (SSSR count). The van der Waals surface area contributed by atoms with E-state index in [1.807, 2.05) is 13.8 Å². The maximum Gasteiger partial charge on any atom is 0.326 e. The number of carboxylic acids is 1. The zero-order chi connectivity index (χ0) is 25.3. The summed E-state index contributed by atoms with van der Waals surface area (Å²) in [5, 5.41) is 14.3. The number of nitrogens with two attached hydrogens (primary N) is 3. The highest BCUT2D eigenvalue weighted by atomic mass is 16.4. The van der Waals surface area contributed by atoms with Gasteiger partial charge < -0.3 is 37.8 Å². The van der Waals surface area contributed by atoms with Crippen LogP contribution in [0, 0.1) is 5.92 Å². The lowest BCUT2D eigenvalue weighted by molar-refractivity contribution is -0.145. The van der Waals surface area contributed by atoms with Gasteiger partial charge in [0.25, 0.3) is 0 Å². The van der Waals surface area contributed by atoms with Gasteiger partial charge in [0.15, 0.2) is 0 Å². The van der Waals surface area contributed by atoms with Crippen molar-refractivity contribution in [1.82, 2.24) is 15.5 Å². The van der Waals surface area contributed by atoms with Crippen molar-refractivity contribution in [2.45, 2.75) is 76.5 Å². The fraction of sp³-hybridized carbons (Fsp3) is 0.700. The minimum atomic E-state index is -1.29. The fourth-order valence-electron chi connectivity index (χ4n) is 3.60. The number of nitrogens with one attached hydrogen (secondary N) is 2. The molecule has 0 aromatic heterocycles. The molecule has 33 heavy (non-hydrogen) atoms. The van der Waals surface area contributed by atoms with E-state index in [-0.39, 0.29) is 31.7 Å². The number of carbonyl (C=O) groups excluding carboxylic acids is 5. The van der Waals surface area contributed by atoms with Crippen molar-refractivity contribution in [1.29, 1.82) is 0 Å². The first-order valence-electron chi connectivity index (χ1n) is 10.8. The van der Waals surface area contributed by atoms with Gasteiger partial charge >= 0.3 is 5.97 Å². The van der Waals surface area contributed by atoms with E-state index in [0.717, 1.165) is 0 Å². The number of amides is 5. The molecule has 0 spiro atoms. The number of hydrogen-bond donors (Lipinski definition) is 6. The van der Waals surface area contributed by atoms with Crippen molar-refractivity contribution < 1.29 is 33.9 Å². The number of nitrogens with zero attached hydrogens (tertiary/aromatic N) is 1. The molecular formula is C20H34N6O7. The topological polar surface area (TPSA) is 228 Å². The van der Waals surface area contributed by atoms with Crippen LogP contribution in [0.2, 0.25) is 0 Å². The van der Waals surface area contributed by atoms with Gasteiger partial charge in [0.05, 0.1) is 12.5 Å². The van der Waals surface area contributed by atoms with Crippen LogP contribution in [0.25, 0.3) is 0 Å². The van der Waals surface area contributed by atoms with Crippen LogP contribution < -0.4 is 27.8 Å². The van der Waals surface area contributed by atoms with Crippen molar-refractivity contribution in [2.75, 3.05) is 6.54 Å². The van der Waals surface area contributed by atoms with Crippen molar-refractivity contribution >= 4 is 35.5 Å². The number of hydrogen-bond acceptors (Lipinski definition) is 7. The predicted molar refractivity (Wildman–Crippen MR) is 116 cm³/mol.